The molecule has 0 bridgehead atoms. The first-order valence-electron chi connectivity index (χ1n) is 8.40. The van der Waals surface area contributed by atoms with Gasteiger partial charge in [0.1, 0.15) is 18.1 Å². The molecule has 28 heavy (non-hydrogen) atoms. The van der Waals surface area contributed by atoms with E-state index in [1.165, 1.54) is 35.9 Å². The van der Waals surface area contributed by atoms with Crippen LogP contribution < -0.4 is 16.0 Å². The molecule has 1 aromatic carbocycles. The average Bonchev–Trinajstić information content (AvgIpc) is 3.33. The third-order valence-corrected chi connectivity index (χ3v) is 4.39. The van der Waals surface area contributed by atoms with E-state index in [2.05, 4.69) is 9.84 Å². The zero-order valence-electron chi connectivity index (χ0n) is 14.8. The second kappa shape index (κ2) is 6.80. The van der Waals surface area contributed by atoms with Crippen LogP contribution in [0.15, 0.2) is 50.4 Å². The number of anilines is 2. The van der Waals surface area contributed by atoms with Gasteiger partial charge >= 0.3 is 17.1 Å². The van der Waals surface area contributed by atoms with E-state index in [1.54, 1.807) is 17.0 Å². The number of carbonyl (C=O) groups is 1. The van der Waals surface area contributed by atoms with Crippen molar-refractivity contribution in [3.05, 3.63) is 74.4 Å². The maximum Gasteiger partial charge on any atom is 0.373 e. The number of benzene rings is 1. The van der Waals surface area contributed by atoms with Crippen molar-refractivity contribution in [2.45, 2.75) is 13.1 Å². The Morgan fingerprint density at radius 3 is 2.61 bits per heavy atom. The lowest BCUT2D eigenvalue weighted by Gasteiger charge is -2.17. The Morgan fingerprint density at radius 2 is 1.89 bits per heavy atom. The minimum Gasteiger partial charge on any atom is -0.463 e. The van der Waals surface area contributed by atoms with Crippen LogP contribution in [0, 0.1) is 5.82 Å². The predicted octanol–water partition coefficient (Wildman–Crippen LogP) is 1.12. The smallest absolute Gasteiger partial charge is 0.373 e. The molecule has 0 atom stereocenters. The normalized spacial score (nSPS) is 12.9. The van der Waals surface area contributed by atoms with Gasteiger partial charge in [-0.2, -0.15) is 0 Å². The van der Waals surface area contributed by atoms with E-state index >= 15 is 0 Å². The van der Waals surface area contributed by atoms with Gasteiger partial charge in [-0.25, -0.2) is 13.9 Å². The lowest BCUT2D eigenvalue weighted by atomic mass is 10.3. The number of halogens is 1. The topological polar surface area (TPSA) is 99.6 Å². The number of methoxy groups -OCH3 is 1. The summed E-state index contributed by atoms with van der Waals surface area (Å²) in [5.41, 5.74) is -0.870. The first-order valence-corrected chi connectivity index (χ1v) is 8.40. The zero-order valence-corrected chi connectivity index (χ0v) is 14.8. The molecule has 3 aromatic rings. The van der Waals surface area contributed by atoms with Gasteiger partial charge in [-0.1, -0.05) is 0 Å². The quantitative estimate of drug-likeness (QED) is 0.489. The molecule has 1 aliphatic rings. The Hall–Kier alpha value is -3.69. The summed E-state index contributed by atoms with van der Waals surface area (Å²) in [4.78, 5) is 38.1. The lowest BCUT2D eigenvalue weighted by molar-refractivity contribution is 0.0562. The van der Waals surface area contributed by atoms with Gasteiger partial charge in [-0.3, -0.25) is 14.2 Å². The summed E-state index contributed by atoms with van der Waals surface area (Å²) in [6.45, 7) is 0.586. The fourth-order valence-electron chi connectivity index (χ4n) is 3.02. The lowest BCUT2D eigenvalue weighted by Crippen LogP contribution is -2.42. The molecular weight excluding hydrogens is 371 g/mol. The highest BCUT2D eigenvalue weighted by molar-refractivity contribution is 5.86. The van der Waals surface area contributed by atoms with Gasteiger partial charge in [0.05, 0.1) is 7.11 Å². The van der Waals surface area contributed by atoms with E-state index in [-0.39, 0.29) is 29.8 Å². The van der Waals surface area contributed by atoms with E-state index in [1.807, 2.05) is 0 Å². The Balaban J connectivity index is 1.71. The van der Waals surface area contributed by atoms with Crippen molar-refractivity contribution < 1.29 is 18.3 Å². The van der Waals surface area contributed by atoms with E-state index in [0.717, 1.165) is 4.68 Å². The Morgan fingerprint density at radius 1 is 1.14 bits per heavy atom. The van der Waals surface area contributed by atoms with Crippen molar-refractivity contribution in [1.82, 2.24) is 14.3 Å². The van der Waals surface area contributed by atoms with Gasteiger partial charge in [0.2, 0.25) is 11.7 Å². The molecule has 10 heteroatoms. The van der Waals surface area contributed by atoms with Crippen LogP contribution >= 0.6 is 0 Å². The molecule has 1 aliphatic heterocycles. The third kappa shape index (κ3) is 2.98. The highest BCUT2D eigenvalue weighted by Gasteiger charge is 2.26. The minimum atomic E-state index is -0.805. The summed E-state index contributed by atoms with van der Waals surface area (Å²) in [6, 6.07) is 8.68. The number of rotatable bonds is 4. The monoisotopic (exact) mass is 386 g/mol. The van der Waals surface area contributed by atoms with Gasteiger partial charge < -0.3 is 14.1 Å². The molecule has 0 fully saturated rings. The standard InChI is InChI=1S/C18H15FN4O5/c1-27-17(26)14-7-6-13(28-14)10-23-16(25)15(24)22-9-8-21(18(22)20-23)12-4-2-11(19)3-5-12/h2-7H,8-10H2,1H3. The number of aromatic nitrogens is 3. The molecule has 144 valence electrons. The highest BCUT2D eigenvalue weighted by Crippen LogP contribution is 2.26. The first-order chi connectivity index (χ1) is 13.5. The third-order valence-electron chi connectivity index (χ3n) is 4.39. The van der Waals surface area contributed by atoms with E-state index in [4.69, 9.17) is 4.42 Å². The van der Waals surface area contributed by atoms with E-state index < -0.39 is 17.1 Å². The summed E-state index contributed by atoms with van der Waals surface area (Å²) in [7, 11) is 1.22. The number of fused-ring (bicyclic) bond motifs is 1. The van der Waals surface area contributed by atoms with Crippen LogP contribution in [0.4, 0.5) is 16.0 Å². The molecule has 0 radical (unpaired) electrons. The van der Waals surface area contributed by atoms with Crippen LogP contribution in [0.3, 0.4) is 0 Å². The molecule has 0 amide bonds. The van der Waals surface area contributed by atoms with Gasteiger partial charge in [0.15, 0.2) is 0 Å². The fourth-order valence-corrected chi connectivity index (χ4v) is 3.02. The summed E-state index contributed by atoms with van der Waals surface area (Å²) < 4.78 is 25.4. The van der Waals surface area contributed by atoms with Gasteiger partial charge in [0, 0.05) is 18.8 Å². The largest absolute Gasteiger partial charge is 0.463 e. The molecular formula is C18H15FN4O5. The molecule has 0 unspecified atom stereocenters. The van der Waals surface area contributed by atoms with Crippen molar-refractivity contribution in [3.63, 3.8) is 0 Å². The molecule has 0 saturated carbocycles. The van der Waals surface area contributed by atoms with Crippen molar-refractivity contribution in [3.8, 4) is 0 Å². The van der Waals surface area contributed by atoms with Crippen LogP contribution in [0.25, 0.3) is 0 Å². The van der Waals surface area contributed by atoms with Crippen molar-refractivity contribution in [2.75, 3.05) is 18.6 Å². The second-order valence-corrected chi connectivity index (χ2v) is 6.11. The van der Waals surface area contributed by atoms with E-state index in [9.17, 15) is 18.8 Å². The van der Waals surface area contributed by atoms with Crippen LogP contribution in [0.1, 0.15) is 16.3 Å². The molecule has 0 aliphatic carbocycles. The fraction of sp³-hybridized carbons (Fsp3) is 0.222. The Labute approximate surface area is 157 Å². The summed E-state index contributed by atoms with van der Waals surface area (Å²) in [5.74, 6) is -0.501. The number of furan rings is 1. The average molecular weight is 386 g/mol. The van der Waals surface area contributed by atoms with Crippen molar-refractivity contribution in [1.29, 1.82) is 0 Å². The Kier molecular flexibility index (Phi) is 4.30. The molecule has 2 aromatic heterocycles. The number of nitrogens with zero attached hydrogens (tertiary/aromatic N) is 4. The molecule has 4 rings (SSSR count). The maximum absolute atomic E-state index is 13.2. The number of hydrogen-bond donors (Lipinski definition) is 0. The Bertz CT molecular complexity index is 1160. The highest BCUT2D eigenvalue weighted by atomic mass is 19.1. The number of esters is 1. The molecule has 3 heterocycles. The number of carbonyl (C=O) groups excluding carboxylic acids is 1. The minimum absolute atomic E-state index is 0.0173. The van der Waals surface area contributed by atoms with Crippen molar-refractivity contribution in [2.24, 2.45) is 0 Å². The predicted molar refractivity (Wildman–Crippen MR) is 95.3 cm³/mol. The molecule has 0 N–H and O–H groups in total. The molecule has 9 nitrogen and oxygen atoms in total. The SMILES string of the molecule is COC(=O)c1ccc(Cn2nc3n(c(=O)c2=O)CCN3c2ccc(F)cc2)o1. The van der Waals surface area contributed by atoms with Crippen LogP contribution in [0.5, 0.6) is 0 Å². The zero-order chi connectivity index (χ0) is 19.8. The molecule has 0 spiro atoms. The van der Waals surface area contributed by atoms with E-state index in [0.29, 0.717) is 18.8 Å². The summed E-state index contributed by atoms with van der Waals surface area (Å²) in [6.07, 6.45) is 0. The number of ether oxygens (including phenoxy) is 1. The van der Waals surface area contributed by atoms with Crippen LogP contribution in [-0.4, -0.2) is 34.0 Å². The van der Waals surface area contributed by atoms with Gasteiger partial charge in [0.25, 0.3) is 0 Å². The summed E-state index contributed by atoms with van der Waals surface area (Å²) >= 11 is 0. The second-order valence-electron chi connectivity index (χ2n) is 6.11. The summed E-state index contributed by atoms with van der Waals surface area (Å²) in [5, 5.41) is 4.29. The van der Waals surface area contributed by atoms with Crippen LogP contribution in [0.2, 0.25) is 0 Å². The van der Waals surface area contributed by atoms with Gasteiger partial charge in [-0.05, 0) is 36.4 Å². The van der Waals surface area contributed by atoms with Gasteiger partial charge in [-0.15, -0.1) is 5.10 Å². The number of hydrogen-bond acceptors (Lipinski definition) is 7. The van der Waals surface area contributed by atoms with Crippen molar-refractivity contribution >= 4 is 17.6 Å². The van der Waals surface area contributed by atoms with Crippen LogP contribution in [-0.2, 0) is 17.8 Å². The maximum atomic E-state index is 13.2. The first kappa shape index (κ1) is 17.7. The molecule has 0 saturated heterocycles.